The molecule has 0 aliphatic heterocycles. The second-order valence-electron chi connectivity index (χ2n) is 3.87. The summed E-state index contributed by atoms with van der Waals surface area (Å²) in [5, 5.41) is 16.6. The molecule has 0 radical (unpaired) electrons. The maximum atomic E-state index is 13.9. The van der Waals surface area contributed by atoms with Crippen molar-refractivity contribution in [3.8, 4) is 5.69 Å². The molecule has 0 bridgehead atoms. The zero-order valence-corrected chi connectivity index (χ0v) is 11.3. The lowest BCUT2D eigenvalue weighted by molar-refractivity contribution is -0.133. The van der Waals surface area contributed by atoms with Crippen LogP contribution < -0.4 is 0 Å². The number of hydrogen-bond donors (Lipinski definition) is 1. The average Bonchev–Trinajstić information content (AvgIpc) is 2.82. The van der Waals surface area contributed by atoms with Gasteiger partial charge < -0.3 is 5.11 Å². The number of thioether (sulfide) groups is 1. The van der Waals surface area contributed by atoms with Gasteiger partial charge in [0.1, 0.15) is 17.5 Å². The highest BCUT2D eigenvalue weighted by molar-refractivity contribution is 7.99. The number of carboxylic acid groups (broad SMARTS) is 1. The Balaban J connectivity index is 2.50. The standard InChI is InChI=1S/C12H11F2N3O2S/c1-2-10-15-16-12(20-6-11(18)19)17(10)9-5-7(13)3-4-8(9)14/h3-5H,2,6H2,1H3,(H,18,19). The number of hydrogen-bond acceptors (Lipinski definition) is 4. The zero-order chi connectivity index (χ0) is 14.7. The van der Waals surface area contributed by atoms with Crippen molar-refractivity contribution in [3.63, 3.8) is 0 Å². The summed E-state index contributed by atoms with van der Waals surface area (Å²) in [5.41, 5.74) is -0.0280. The van der Waals surface area contributed by atoms with E-state index in [1.165, 1.54) is 4.57 Å². The van der Waals surface area contributed by atoms with Gasteiger partial charge in [-0.3, -0.25) is 9.36 Å². The van der Waals surface area contributed by atoms with Crippen LogP contribution >= 0.6 is 11.8 Å². The summed E-state index contributed by atoms with van der Waals surface area (Å²) in [6, 6.07) is 3.05. The van der Waals surface area contributed by atoms with Crippen LogP contribution in [0, 0.1) is 11.6 Å². The normalized spacial score (nSPS) is 10.8. The van der Waals surface area contributed by atoms with Gasteiger partial charge in [0, 0.05) is 12.5 Å². The van der Waals surface area contributed by atoms with E-state index in [9.17, 15) is 13.6 Å². The number of aryl methyl sites for hydroxylation is 1. The predicted octanol–water partition coefficient (Wildman–Crippen LogP) is 2.28. The van der Waals surface area contributed by atoms with E-state index in [-0.39, 0.29) is 16.6 Å². The van der Waals surface area contributed by atoms with E-state index < -0.39 is 17.6 Å². The van der Waals surface area contributed by atoms with Crippen molar-refractivity contribution in [2.24, 2.45) is 0 Å². The molecule has 0 fully saturated rings. The topological polar surface area (TPSA) is 68.0 Å². The number of carboxylic acids is 1. The summed E-state index contributed by atoms with van der Waals surface area (Å²) in [6.45, 7) is 1.79. The minimum atomic E-state index is -1.03. The SMILES string of the molecule is CCc1nnc(SCC(=O)O)n1-c1cc(F)ccc1F. The minimum Gasteiger partial charge on any atom is -0.481 e. The molecule has 0 atom stereocenters. The Kier molecular flexibility index (Phi) is 4.33. The van der Waals surface area contributed by atoms with Crippen molar-refractivity contribution in [2.75, 3.05) is 5.75 Å². The Labute approximate surface area is 117 Å². The molecule has 0 saturated heterocycles. The van der Waals surface area contributed by atoms with Crippen LogP contribution in [0.4, 0.5) is 8.78 Å². The molecular formula is C12H11F2N3O2S. The van der Waals surface area contributed by atoms with E-state index in [2.05, 4.69) is 10.2 Å². The molecule has 0 spiro atoms. The lowest BCUT2D eigenvalue weighted by atomic mass is 10.3. The van der Waals surface area contributed by atoms with Gasteiger partial charge in [-0.15, -0.1) is 10.2 Å². The van der Waals surface area contributed by atoms with Crippen molar-refractivity contribution in [3.05, 3.63) is 35.7 Å². The number of halogens is 2. The van der Waals surface area contributed by atoms with Gasteiger partial charge in [-0.1, -0.05) is 18.7 Å². The molecule has 1 aromatic carbocycles. The molecule has 0 aliphatic carbocycles. The van der Waals surface area contributed by atoms with Crippen molar-refractivity contribution >= 4 is 17.7 Å². The first-order valence-electron chi connectivity index (χ1n) is 5.77. The molecule has 0 aliphatic rings. The molecule has 0 saturated carbocycles. The van der Waals surface area contributed by atoms with Gasteiger partial charge in [0.15, 0.2) is 5.16 Å². The monoisotopic (exact) mass is 299 g/mol. The first kappa shape index (κ1) is 14.4. The second-order valence-corrected chi connectivity index (χ2v) is 4.81. The zero-order valence-electron chi connectivity index (χ0n) is 10.5. The van der Waals surface area contributed by atoms with Crippen LogP contribution in [-0.2, 0) is 11.2 Å². The second kappa shape index (κ2) is 6.00. The number of benzene rings is 1. The minimum absolute atomic E-state index is 0.0280. The Morgan fingerprint density at radius 1 is 1.40 bits per heavy atom. The fourth-order valence-corrected chi connectivity index (χ4v) is 2.33. The molecule has 0 unspecified atom stereocenters. The molecule has 2 rings (SSSR count). The van der Waals surface area contributed by atoms with Crippen molar-refractivity contribution < 1.29 is 18.7 Å². The highest BCUT2D eigenvalue weighted by Crippen LogP contribution is 2.24. The van der Waals surface area contributed by atoms with Gasteiger partial charge >= 0.3 is 5.97 Å². The number of rotatable bonds is 5. The molecule has 1 N–H and O–H groups in total. The highest BCUT2D eigenvalue weighted by Gasteiger charge is 2.17. The summed E-state index contributed by atoms with van der Waals surface area (Å²) < 4.78 is 28.5. The van der Waals surface area contributed by atoms with Gasteiger partial charge in [0.2, 0.25) is 0 Å². The van der Waals surface area contributed by atoms with Gasteiger partial charge in [-0.05, 0) is 12.1 Å². The first-order chi connectivity index (χ1) is 9.52. The van der Waals surface area contributed by atoms with Gasteiger partial charge in [0.05, 0.1) is 11.4 Å². The van der Waals surface area contributed by atoms with Crippen LogP contribution in [0.15, 0.2) is 23.4 Å². The molecule has 1 aromatic heterocycles. The smallest absolute Gasteiger partial charge is 0.313 e. The Hall–Kier alpha value is -1.96. The molecule has 0 amide bonds. The number of nitrogens with zero attached hydrogens (tertiary/aromatic N) is 3. The first-order valence-corrected chi connectivity index (χ1v) is 6.75. The lowest BCUT2D eigenvalue weighted by Crippen LogP contribution is -2.06. The third-order valence-electron chi connectivity index (χ3n) is 2.49. The van der Waals surface area contributed by atoms with Crippen molar-refractivity contribution in [2.45, 2.75) is 18.5 Å². The fourth-order valence-electron chi connectivity index (χ4n) is 1.65. The van der Waals surface area contributed by atoms with E-state index in [0.29, 0.717) is 12.2 Å². The van der Waals surface area contributed by atoms with Crippen LogP contribution in [0.3, 0.4) is 0 Å². The third kappa shape index (κ3) is 2.96. The molecule has 1 heterocycles. The van der Waals surface area contributed by atoms with Gasteiger partial charge in [-0.2, -0.15) is 0 Å². The summed E-state index contributed by atoms with van der Waals surface area (Å²) in [7, 11) is 0. The molecular weight excluding hydrogens is 288 g/mol. The number of aromatic nitrogens is 3. The Bertz CT molecular complexity index is 646. The van der Waals surface area contributed by atoms with Crippen molar-refractivity contribution in [1.29, 1.82) is 0 Å². The largest absolute Gasteiger partial charge is 0.481 e. The predicted molar refractivity (Wildman–Crippen MR) is 69.0 cm³/mol. The van der Waals surface area contributed by atoms with Crippen LogP contribution in [0.2, 0.25) is 0 Å². The molecule has 106 valence electrons. The molecule has 2 aromatic rings. The summed E-state index contributed by atoms with van der Waals surface area (Å²) in [4.78, 5) is 10.6. The summed E-state index contributed by atoms with van der Waals surface area (Å²) >= 11 is 0.901. The van der Waals surface area contributed by atoms with Crippen LogP contribution in [0.25, 0.3) is 5.69 Å². The summed E-state index contributed by atoms with van der Waals surface area (Å²) in [6.07, 6.45) is 0.455. The van der Waals surface area contributed by atoms with Crippen LogP contribution in [-0.4, -0.2) is 31.6 Å². The lowest BCUT2D eigenvalue weighted by Gasteiger charge is -2.10. The van der Waals surface area contributed by atoms with E-state index in [4.69, 9.17) is 5.11 Å². The molecule has 20 heavy (non-hydrogen) atoms. The average molecular weight is 299 g/mol. The number of aliphatic carboxylic acids is 1. The van der Waals surface area contributed by atoms with E-state index in [1.807, 2.05) is 0 Å². The molecule has 5 nitrogen and oxygen atoms in total. The van der Waals surface area contributed by atoms with E-state index in [1.54, 1.807) is 6.92 Å². The van der Waals surface area contributed by atoms with E-state index in [0.717, 1.165) is 30.0 Å². The fraction of sp³-hybridized carbons (Fsp3) is 0.250. The summed E-state index contributed by atoms with van der Waals surface area (Å²) in [5.74, 6) is -2.05. The van der Waals surface area contributed by atoms with E-state index >= 15 is 0 Å². The maximum absolute atomic E-state index is 13.9. The maximum Gasteiger partial charge on any atom is 0.313 e. The van der Waals surface area contributed by atoms with Gasteiger partial charge in [0.25, 0.3) is 0 Å². The Morgan fingerprint density at radius 2 is 2.15 bits per heavy atom. The third-order valence-corrected chi connectivity index (χ3v) is 3.40. The van der Waals surface area contributed by atoms with Gasteiger partial charge in [-0.25, -0.2) is 8.78 Å². The number of carbonyl (C=O) groups is 1. The Morgan fingerprint density at radius 3 is 2.80 bits per heavy atom. The van der Waals surface area contributed by atoms with Crippen LogP contribution in [0.1, 0.15) is 12.7 Å². The highest BCUT2D eigenvalue weighted by atomic mass is 32.2. The molecule has 8 heteroatoms. The quantitative estimate of drug-likeness (QED) is 0.858. The van der Waals surface area contributed by atoms with Crippen LogP contribution in [0.5, 0.6) is 0 Å². The van der Waals surface area contributed by atoms with Crippen molar-refractivity contribution in [1.82, 2.24) is 14.8 Å².